The second-order valence-corrected chi connectivity index (χ2v) is 5.67. The normalized spacial score (nSPS) is 16.2. The number of hydrogen-bond donors (Lipinski definition) is 0. The fraction of sp³-hybridized carbons (Fsp3) is 0.438. The van der Waals surface area contributed by atoms with Crippen LogP contribution in [0, 0.1) is 0 Å². The quantitative estimate of drug-likeness (QED) is 0.871. The molecule has 2 aromatic rings. The zero-order chi connectivity index (χ0) is 14.9. The van der Waals surface area contributed by atoms with E-state index in [2.05, 4.69) is 0 Å². The van der Waals surface area contributed by atoms with Crippen molar-refractivity contribution >= 4 is 5.91 Å². The maximum Gasteiger partial charge on any atom is 0.289 e. The summed E-state index contributed by atoms with van der Waals surface area (Å²) >= 11 is 0. The summed E-state index contributed by atoms with van der Waals surface area (Å²) in [6, 6.07) is 7.33. The smallest absolute Gasteiger partial charge is 0.289 e. The van der Waals surface area contributed by atoms with Crippen molar-refractivity contribution in [2.24, 2.45) is 0 Å². The van der Waals surface area contributed by atoms with Gasteiger partial charge in [0.25, 0.3) is 5.91 Å². The molecule has 0 radical (unpaired) electrons. The molecule has 3 rings (SSSR count). The van der Waals surface area contributed by atoms with Crippen molar-refractivity contribution in [1.29, 1.82) is 0 Å². The number of hydrogen-bond acceptors (Lipinski definition) is 4. The molecule has 21 heavy (non-hydrogen) atoms. The monoisotopic (exact) mass is 289 g/mol. The van der Waals surface area contributed by atoms with Crippen LogP contribution >= 0.6 is 0 Å². The van der Waals surface area contributed by atoms with Crippen LogP contribution in [0.1, 0.15) is 35.9 Å². The minimum atomic E-state index is -0.410. The number of carbonyl (C=O) groups excluding carboxylic acids is 1. The zero-order valence-corrected chi connectivity index (χ0v) is 12.3. The van der Waals surface area contributed by atoms with Gasteiger partial charge in [0.1, 0.15) is 11.5 Å². The Balaban J connectivity index is 1.81. The summed E-state index contributed by atoms with van der Waals surface area (Å²) in [6.45, 7) is 6.39. The van der Waals surface area contributed by atoms with E-state index in [1.54, 1.807) is 17.2 Å². The summed E-state index contributed by atoms with van der Waals surface area (Å²) in [7, 11) is 0. The lowest BCUT2D eigenvalue weighted by Gasteiger charge is -2.26. The molecule has 0 unspecified atom stereocenters. The molecule has 0 atom stereocenters. The Bertz CT molecular complexity index is 606. The largest absolute Gasteiger partial charge is 0.468 e. The topological polar surface area (TPSA) is 55.8 Å². The number of carbonyl (C=O) groups is 1. The standard InChI is InChI=1S/C16H19NO4/c1-16(2,13-4-3-9-20-13)14-6-5-12(21-14)15(18)17-7-10-19-11-8-17/h3-6,9H,7-8,10-11H2,1-2H3. The molecule has 1 saturated heterocycles. The van der Waals surface area contributed by atoms with E-state index in [4.69, 9.17) is 13.6 Å². The summed E-state index contributed by atoms with van der Waals surface area (Å²) in [5.74, 6) is 1.81. The van der Waals surface area contributed by atoms with Crippen LogP contribution in [0.4, 0.5) is 0 Å². The Morgan fingerprint density at radius 2 is 1.90 bits per heavy atom. The average Bonchev–Trinajstić information content (AvgIpc) is 3.19. The first-order chi connectivity index (χ1) is 10.1. The van der Waals surface area contributed by atoms with E-state index in [-0.39, 0.29) is 5.91 Å². The summed E-state index contributed by atoms with van der Waals surface area (Å²) < 4.78 is 16.5. The van der Waals surface area contributed by atoms with Gasteiger partial charge >= 0.3 is 0 Å². The highest BCUT2D eigenvalue weighted by molar-refractivity contribution is 5.91. The number of furan rings is 2. The summed E-state index contributed by atoms with van der Waals surface area (Å²) in [5, 5.41) is 0. The molecule has 5 heteroatoms. The number of amides is 1. The van der Waals surface area contributed by atoms with Crippen molar-refractivity contribution in [3.05, 3.63) is 47.8 Å². The minimum absolute atomic E-state index is 0.0835. The number of nitrogens with zero attached hydrogens (tertiary/aromatic N) is 1. The summed E-state index contributed by atoms with van der Waals surface area (Å²) in [6.07, 6.45) is 1.64. The summed E-state index contributed by atoms with van der Waals surface area (Å²) in [5.41, 5.74) is -0.410. The van der Waals surface area contributed by atoms with Gasteiger partial charge in [-0.2, -0.15) is 0 Å². The molecular formula is C16H19NO4. The Morgan fingerprint density at radius 3 is 2.57 bits per heavy atom. The fourth-order valence-electron chi connectivity index (χ4n) is 2.47. The minimum Gasteiger partial charge on any atom is -0.468 e. The van der Waals surface area contributed by atoms with Gasteiger partial charge in [0.2, 0.25) is 0 Å². The van der Waals surface area contributed by atoms with Crippen LogP contribution in [-0.2, 0) is 10.2 Å². The first kappa shape index (κ1) is 13.9. The molecule has 1 amide bonds. The molecule has 2 aromatic heterocycles. The molecule has 0 bridgehead atoms. The van der Waals surface area contributed by atoms with Crippen molar-refractivity contribution in [1.82, 2.24) is 4.90 Å². The molecular weight excluding hydrogens is 270 g/mol. The predicted molar refractivity (Wildman–Crippen MR) is 76.3 cm³/mol. The molecule has 0 saturated carbocycles. The van der Waals surface area contributed by atoms with E-state index in [0.717, 1.165) is 5.76 Å². The van der Waals surface area contributed by atoms with Gasteiger partial charge in [-0.15, -0.1) is 0 Å². The highest BCUT2D eigenvalue weighted by Crippen LogP contribution is 2.33. The number of rotatable bonds is 3. The molecule has 1 aliphatic rings. The Labute approximate surface area is 123 Å². The van der Waals surface area contributed by atoms with Gasteiger partial charge < -0.3 is 18.5 Å². The second kappa shape index (κ2) is 5.41. The van der Waals surface area contributed by atoms with Crippen LogP contribution in [0.3, 0.4) is 0 Å². The molecule has 112 valence electrons. The molecule has 0 aliphatic carbocycles. The Morgan fingerprint density at radius 1 is 1.14 bits per heavy atom. The van der Waals surface area contributed by atoms with E-state index >= 15 is 0 Å². The fourth-order valence-corrected chi connectivity index (χ4v) is 2.47. The van der Waals surface area contributed by atoms with Gasteiger partial charge in [-0.25, -0.2) is 0 Å². The molecule has 0 N–H and O–H groups in total. The van der Waals surface area contributed by atoms with Crippen LogP contribution in [-0.4, -0.2) is 37.1 Å². The lowest BCUT2D eigenvalue weighted by atomic mass is 9.87. The third-order valence-electron chi connectivity index (χ3n) is 3.87. The van der Waals surface area contributed by atoms with Crippen LogP contribution in [0.2, 0.25) is 0 Å². The van der Waals surface area contributed by atoms with Crippen LogP contribution < -0.4 is 0 Å². The van der Waals surface area contributed by atoms with Crippen molar-refractivity contribution in [2.45, 2.75) is 19.3 Å². The molecule has 3 heterocycles. The van der Waals surface area contributed by atoms with Crippen molar-refractivity contribution in [3.8, 4) is 0 Å². The first-order valence-corrected chi connectivity index (χ1v) is 7.10. The van der Waals surface area contributed by atoms with Gasteiger partial charge in [0, 0.05) is 13.1 Å². The summed E-state index contributed by atoms with van der Waals surface area (Å²) in [4.78, 5) is 14.1. The van der Waals surface area contributed by atoms with Crippen molar-refractivity contribution in [3.63, 3.8) is 0 Å². The lowest BCUT2D eigenvalue weighted by Crippen LogP contribution is -2.40. The van der Waals surface area contributed by atoms with Gasteiger partial charge in [-0.05, 0) is 38.1 Å². The van der Waals surface area contributed by atoms with Gasteiger partial charge in [-0.3, -0.25) is 4.79 Å². The third-order valence-corrected chi connectivity index (χ3v) is 3.87. The maximum absolute atomic E-state index is 12.4. The van der Waals surface area contributed by atoms with Crippen LogP contribution in [0.5, 0.6) is 0 Å². The SMILES string of the molecule is CC(C)(c1ccco1)c1ccc(C(=O)N2CCOCC2)o1. The molecule has 1 aliphatic heterocycles. The predicted octanol–water partition coefficient (Wildman–Crippen LogP) is 2.67. The molecule has 5 nitrogen and oxygen atoms in total. The lowest BCUT2D eigenvalue weighted by molar-refractivity contribution is 0.0281. The second-order valence-electron chi connectivity index (χ2n) is 5.67. The highest BCUT2D eigenvalue weighted by Gasteiger charge is 2.31. The first-order valence-electron chi connectivity index (χ1n) is 7.10. The third kappa shape index (κ3) is 2.61. The van der Waals surface area contributed by atoms with Gasteiger partial charge in [0.05, 0.1) is 24.9 Å². The Kier molecular flexibility index (Phi) is 3.59. The van der Waals surface area contributed by atoms with E-state index in [1.165, 1.54) is 0 Å². The van der Waals surface area contributed by atoms with Gasteiger partial charge in [0.15, 0.2) is 5.76 Å². The van der Waals surface area contributed by atoms with E-state index < -0.39 is 5.41 Å². The molecule has 1 fully saturated rings. The van der Waals surface area contributed by atoms with Gasteiger partial charge in [-0.1, -0.05) is 0 Å². The van der Waals surface area contributed by atoms with Crippen LogP contribution in [0.15, 0.2) is 39.4 Å². The van der Waals surface area contributed by atoms with E-state index in [9.17, 15) is 4.79 Å². The Hall–Kier alpha value is -2.01. The molecule has 0 aromatic carbocycles. The number of ether oxygens (including phenoxy) is 1. The van der Waals surface area contributed by atoms with Crippen molar-refractivity contribution in [2.75, 3.05) is 26.3 Å². The molecule has 0 spiro atoms. The number of morpholine rings is 1. The van der Waals surface area contributed by atoms with E-state index in [1.807, 2.05) is 32.0 Å². The highest BCUT2D eigenvalue weighted by atomic mass is 16.5. The van der Waals surface area contributed by atoms with E-state index in [0.29, 0.717) is 37.8 Å². The maximum atomic E-state index is 12.4. The average molecular weight is 289 g/mol. The zero-order valence-electron chi connectivity index (χ0n) is 12.3. The van der Waals surface area contributed by atoms with Crippen LogP contribution in [0.25, 0.3) is 0 Å². The van der Waals surface area contributed by atoms with Crippen molar-refractivity contribution < 1.29 is 18.4 Å².